The van der Waals surface area contributed by atoms with Gasteiger partial charge in [0.2, 0.25) is 11.8 Å². The van der Waals surface area contributed by atoms with E-state index >= 15 is 0 Å². The number of aromatic hydroxyl groups is 1. The van der Waals surface area contributed by atoms with Gasteiger partial charge in [-0.15, -0.1) is 10.2 Å². The lowest BCUT2D eigenvalue weighted by molar-refractivity contribution is -0.140. The molecule has 12 nitrogen and oxygen atoms in total. The van der Waals surface area contributed by atoms with E-state index in [4.69, 9.17) is 0 Å². The Hall–Kier alpha value is -3.48. The van der Waals surface area contributed by atoms with E-state index in [1.165, 1.54) is 0 Å². The monoisotopic (exact) mass is 648 g/mol. The van der Waals surface area contributed by atoms with E-state index in [0.29, 0.717) is 30.1 Å². The van der Waals surface area contributed by atoms with Gasteiger partial charge < -0.3 is 30.6 Å². The van der Waals surface area contributed by atoms with Gasteiger partial charge in [0.05, 0.1) is 29.6 Å². The summed E-state index contributed by atoms with van der Waals surface area (Å²) in [5.74, 6) is 1.33. The van der Waals surface area contributed by atoms with Crippen LogP contribution in [0.2, 0.25) is 0 Å². The summed E-state index contributed by atoms with van der Waals surface area (Å²) in [6, 6.07) is 8.61. The molecule has 0 aliphatic carbocycles. The fourth-order valence-corrected chi connectivity index (χ4v) is 7.91. The summed E-state index contributed by atoms with van der Waals surface area (Å²) in [7, 11) is 0. The largest absolute Gasteiger partial charge is 0.507 e. The van der Waals surface area contributed by atoms with Crippen molar-refractivity contribution in [1.82, 2.24) is 30.2 Å². The van der Waals surface area contributed by atoms with Gasteiger partial charge in [0.1, 0.15) is 11.8 Å². The molecule has 256 valence electrons. The topological polar surface area (TPSA) is 137 Å². The number of hydrogen-bond acceptors (Lipinski definition) is 10. The van der Waals surface area contributed by atoms with Crippen LogP contribution in [0.5, 0.6) is 5.75 Å². The predicted octanol–water partition coefficient (Wildman–Crippen LogP) is 2.38. The Bertz CT molecular complexity index is 1460. The number of para-hydroxylation sites is 1. The number of hydrogen-bond donors (Lipinski definition) is 4. The normalized spacial score (nSPS) is 26.3. The maximum absolute atomic E-state index is 13.4. The molecule has 4 aliphatic rings. The minimum Gasteiger partial charge on any atom is -0.507 e. The number of rotatable bonds is 7. The maximum atomic E-state index is 13.4. The predicted molar refractivity (Wildman–Crippen MR) is 182 cm³/mol. The zero-order valence-corrected chi connectivity index (χ0v) is 28.6. The molecule has 12 heteroatoms. The molecule has 0 radical (unpaired) electrons. The van der Waals surface area contributed by atoms with Crippen LogP contribution in [0.1, 0.15) is 53.9 Å². The third kappa shape index (κ3) is 7.19. The molecule has 1 aromatic heterocycles. The molecule has 1 unspecified atom stereocenters. The fourth-order valence-electron chi connectivity index (χ4n) is 7.91. The van der Waals surface area contributed by atoms with Crippen LogP contribution in [0.25, 0.3) is 11.3 Å². The average Bonchev–Trinajstić information content (AvgIpc) is 3.37. The van der Waals surface area contributed by atoms with Crippen molar-refractivity contribution in [2.75, 3.05) is 69.1 Å². The Balaban J connectivity index is 1.00. The number of aliphatic hydroxyl groups is 1. The van der Waals surface area contributed by atoms with E-state index in [1.807, 2.05) is 45.9 Å². The summed E-state index contributed by atoms with van der Waals surface area (Å²) in [6.45, 7) is 17.1. The molecule has 4 aliphatic heterocycles. The molecule has 2 aromatic rings. The molecule has 1 aromatic carbocycles. The lowest BCUT2D eigenvalue weighted by atomic mass is 9.85. The van der Waals surface area contributed by atoms with Crippen molar-refractivity contribution in [3.63, 3.8) is 0 Å². The van der Waals surface area contributed by atoms with E-state index in [9.17, 15) is 19.8 Å². The number of amides is 2. The summed E-state index contributed by atoms with van der Waals surface area (Å²) in [5.41, 5.74) is 1.83. The number of aliphatic hydroxyl groups excluding tert-OH is 1. The first kappa shape index (κ1) is 33.4. The van der Waals surface area contributed by atoms with E-state index in [2.05, 4.69) is 42.5 Å². The summed E-state index contributed by atoms with van der Waals surface area (Å²) in [5, 5.41) is 35.9. The van der Waals surface area contributed by atoms with Crippen LogP contribution in [-0.4, -0.2) is 130 Å². The molecule has 0 saturated carbocycles. The highest BCUT2D eigenvalue weighted by molar-refractivity contribution is 5.89. The van der Waals surface area contributed by atoms with Crippen LogP contribution < -0.4 is 15.5 Å². The van der Waals surface area contributed by atoms with Crippen molar-refractivity contribution in [1.29, 1.82) is 0 Å². The van der Waals surface area contributed by atoms with Gasteiger partial charge in [-0.2, -0.15) is 0 Å². The molecule has 4 N–H and O–H groups in total. The molecule has 3 fully saturated rings. The molecule has 5 heterocycles. The minimum absolute atomic E-state index is 0.0359. The molecule has 47 heavy (non-hydrogen) atoms. The number of carbonyl (C=O) groups is 2. The third-order valence-corrected chi connectivity index (χ3v) is 10.6. The highest BCUT2D eigenvalue weighted by Crippen LogP contribution is 2.40. The SMILES string of the molecule is C[C@@H]1C[C@@H](O)CN1C(=O)[C@@H](NC(=O)CN1CCC(CN2CCN3c4cc(-c5ccccc5O)nnc4NCC3(C)C2)CC1)C(C)(C)C. The number of phenols is 1. The summed E-state index contributed by atoms with van der Waals surface area (Å²) >= 11 is 0. The number of fused-ring (bicyclic) bond motifs is 3. The van der Waals surface area contributed by atoms with Crippen molar-refractivity contribution < 1.29 is 19.8 Å². The Labute approximate surface area is 278 Å². The first-order valence-electron chi connectivity index (χ1n) is 17.2. The number of nitrogens with zero attached hydrogens (tertiary/aromatic N) is 6. The zero-order valence-electron chi connectivity index (χ0n) is 28.6. The highest BCUT2D eigenvalue weighted by Gasteiger charge is 2.43. The van der Waals surface area contributed by atoms with Crippen LogP contribution >= 0.6 is 0 Å². The number of piperazine rings is 1. The summed E-state index contributed by atoms with van der Waals surface area (Å²) < 4.78 is 0. The zero-order chi connectivity index (χ0) is 33.5. The Morgan fingerprint density at radius 2 is 1.85 bits per heavy atom. The molecule has 3 saturated heterocycles. The van der Waals surface area contributed by atoms with Crippen LogP contribution in [0.3, 0.4) is 0 Å². The first-order chi connectivity index (χ1) is 22.3. The second-order valence-corrected chi connectivity index (χ2v) is 15.5. The van der Waals surface area contributed by atoms with Gasteiger partial charge in [-0.1, -0.05) is 32.9 Å². The van der Waals surface area contributed by atoms with Crippen molar-refractivity contribution in [2.24, 2.45) is 11.3 Å². The fraction of sp³-hybridized carbons (Fsp3) is 0.657. The van der Waals surface area contributed by atoms with Gasteiger partial charge in [0.15, 0.2) is 5.82 Å². The molecule has 0 spiro atoms. The van der Waals surface area contributed by atoms with Gasteiger partial charge in [0, 0.05) is 50.9 Å². The van der Waals surface area contributed by atoms with Crippen molar-refractivity contribution in [3.8, 4) is 17.0 Å². The van der Waals surface area contributed by atoms with Gasteiger partial charge in [-0.25, -0.2) is 0 Å². The van der Waals surface area contributed by atoms with E-state index in [1.54, 1.807) is 17.0 Å². The van der Waals surface area contributed by atoms with Gasteiger partial charge >= 0.3 is 0 Å². The van der Waals surface area contributed by atoms with Gasteiger partial charge in [0.25, 0.3) is 0 Å². The minimum atomic E-state index is -0.634. The number of anilines is 2. The van der Waals surface area contributed by atoms with Crippen LogP contribution in [0.4, 0.5) is 11.5 Å². The van der Waals surface area contributed by atoms with E-state index in [-0.39, 0.29) is 35.7 Å². The van der Waals surface area contributed by atoms with E-state index in [0.717, 1.165) is 70.2 Å². The number of aromatic nitrogens is 2. The number of likely N-dealkylation sites (tertiary alicyclic amines) is 2. The number of benzene rings is 1. The van der Waals surface area contributed by atoms with Crippen molar-refractivity contribution in [3.05, 3.63) is 30.3 Å². The van der Waals surface area contributed by atoms with Crippen LogP contribution in [-0.2, 0) is 9.59 Å². The highest BCUT2D eigenvalue weighted by atomic mass is 16.3. The molecular weight excluding hydrogens is 596 g/mol. The molecule has 4 atom stereocenters. The lowest BCUT2D eigenvalue weighted by Crippen LogP contribution is -2.66. The number of carbonyl (C=O) groups excluding carboxylic acids is 2. The number of nitrogens with one attached hydrogen (secondary N) is 2. The van der Waals surface area contributed by atoms with Crippen LogP contribution in [0, 0.1) is 11.3 Å². The third-order valence-electron chi connectivity index (χ3n) is 10.6. The Morgan fingerprint density at radius 1 is 1.11 bits per heavy atom. The van der Waals surface area contributed by atoms with Crippen LogP contribution in [0.15, 0.2) is 30.3 Å². The van der Waals surface area contributed by atoms with Crippen molar-refractivity contribution in [2.45, 2.75) is 77.6 Å². The maximum Gasteiger partial charge on any atom is 0.246 e. The first-order valence-corrected chi connectivity index (χ1v) is 17.2. The number of β-amino-alcohol motifs (C(OH)–C–C–N with tert-alkyl or cyclic N) is 1. The number of phenolic OH excluding ortho intramolecular Hbond substituents is 1. The second-order valence-electron chi connectivity index (χ2n) is 15.5. The van der Waals surface area contributed by atoms with Gasteiger partial charge in [-0.3, -0.25) is 19.4 Å². The summed E-state index contributed by atoms with van der Waals surface area (Å²) in [6.07, 6.45) is 2.14. The molecule has 0 bridgehead atoms. The summed E-state index contributed by atoms with van der Waals surface area (Å²) in [4.78, 5) is 35.6. The number of piperidine rings is 1. The smallest absolute Gasteiger partial charge is 0.246 e. The standard InChI is InChI=1S/C35H52N8O4/c1-23-16-25(44)19-42(23)33(47)31(34(2,3)4)37-30(46)20-40-12-10-24(11-13-40)18-41-14-15-43-28-17-27(26-8-6-7-9-29(26)45)38-39-32(28)36-21-35(43,5)22-41/h6-9,17,23-25,31,44-45H,10-16,18-22H2,1-5H3,(H,36,39)(H,37,46)/t23-,25-,31-,35?/m1/s1. The second kappa shape index (κ2) is 13.2. The van der Waals surface area contributed by atoms with E-state index < -0.39 is 17.6 Å². The quantitative estimate of drug-likeness (QED) is 0.354. The molecule has 2 amide bonds. The van der Waals surface area contributed by atoms with Crippen molar-refractivity contribution >= 4 is 23.3 Å². The molecular formula is C35H52N8O4. The van der Waals surface area contributed by atoms with Gasteiger partial charge in [-0.05, 0) is 75.7 Å². The average molecular weight is 649 g/mol. The lowest BCUT2D eigenvalue weighted by Gasteiger charge is -2.53. The Morgan fingerprint density at radius 3 is 2.53 bits per heavy atom. The molecule has 6 rings (SSSR count). The Kier molecular flexibility index (Phi) is 9.39.